The Morgan fingerprint density at radius 2 is 2.35 bits per heavy atom. The van der Waals surface area contributed by atoms with Gasteiger partial charge in [0.05, 0.1) is 17.1 Å². The second kappa shape index (κ2) is 4.75. The number of hydrogen-bond donors (Lipinski definition) is 1. The van der Waals surface area contributed by atoms with Crippen LogP contribution in [0.5, 0.6) is 0 Å². The lowest BCUT2D eigenvalue weighted by molar-refractivity contribution is 0.0697. The molecule has 0 saturated carbocycles. The molecule has 0 amide bonds. The third kappa shape index (κ3) is 2.26. The van der Waals surface area contributed by atoms with Crippen LogP contribution in [0.3, 0.4) is 0 Å². The molecule has 5 nitrogen and oxygen atoms in total. The van der Waals surface area contributed by atoms with E-state index in [1.54, 1.807) is 34.6 Å². The van der Waals surface area contributed by atoms with Crippen LogP contribution < -0.4 is 0 Å². The van der Waals surface area contributed by atoms with Crippen molar-refractivity contribution in [3.63, 3.8) is 0 Å². The number of benzene rings is 1. The Bertz CT molecular complexity index is 553. The van der Waals surface area contributed by atoms with Gasteiger partial charge in [-0.2, -0.15) is 11.8 Å². The molecular weight excluding hydrogens is 238 g/mol. The molecule has 2 aromatic rings. The van der Waals surface area contributed by atoms with Gasteiger partial charge in [-0.3, -0.25) is 0 Å². The highest BCUT2D eigenvalue weighted by atomic mass is 32.2. The van der Waals surface area contributed by atoms with Gasteiger partial charge in [-0.05, 0) is 31.4 Å². The molecule has 0 bridgehead atoms. The number of carbonyl (C=O) groups is 1. The van der Waals surface area contributed by atoms with E-state index >= 15 is 0 Å². The predicted molar refractivity (Wildman–Crippen MR) is 67.6 cm³/mol. The first kappa shape index (κ1) is 11.9. The normalized spacial score (nSPS) is 12.8. The average molecular weight is 251 g/mol. The van der Waals surface area contributed by atoms with Crippen molar-refractivity contribution in [3.8, 4) is 0 Å². The summed E-state index contributed by atoms with van der Waals surface area (Å²) >= 11 is 1.72. The van der Waals surface area contributed by atoms with Crippen molar-refractivity contribution in [2.24, 2.45) is 0 Å². The fraction of sp³-hybridized carbons (Fsp3) is 0.364. The lowest BCUT2D eigenvalue weighted by Gasteiger charge is -2.10. The summed E-state index contributed by atoms with van der Waals surface area (Å²) in [4.78, 5) is 10.9. The maximum absolute atomic E-state index is 10.9. The molecule has 0 aliphatic heterocycles. The maximum Gasteiger partial charge on any atom is 0.335 e. The number of rotatable bonds is 4. The van der Waals surface area contributed by atoms with Gasteiger partial charge in [0.25, 0.3) is 0 Å². The Morgan fingerprint density at radius 3 is 3.00 bits per heavy atom. The number of fused-ring (bicyclic) bond motifs is 1. The molecule has 2 rings (SSSR count). The molecule has 6 heteroatoms. The van der Waals surface area contributed by atoms with Crippen LogP contribution >= 0.6 is 11.8 Å². The molecule has 1 aromatic heterocycles. The Balaban J connectivity index is 2.50. The van der Waals surface area contributed by atoms with Crippen molar-refractivity contribution in [1.82, 2.24) is 15.0 Å². The molecule has 0 saturated heterocycles. The number of aromatic nitrogens is 3. The standard InChI is InChI=1S/C11H13N3O2S/c1-7(6-17-2)14-10-5-8(11(15)16)3-4-9(10)12-13-14/h3-5,7H,6H2,1-2H3,(H,15,16). The largest absolute Gasteiger partial charge is 0.478 e. The second-order valence-electron chi connectivity index (χ2n) is 3.85. The minimum Gasteiger partial charge on any atom is -0.478 e. The van der Waals surface area contributed by atoms with Crippen molar-refractivity contribution in [2.45, 2.75) is 13.0 Å². The first-order valence-electron chi connectivity index (χ1n) is 5.20. The average Bonchev–Trinajstić information content (AvgIpc) is 2.71. The van der Waals surface area contributed by atoms with E-state index in [-0.39, 0.29) is 11.6 Å². The number of hydrogen-bond acceptors (Lipinski definition) is 4. The smallest absolute Gasteiger partial charge is 0.335 e. The Morgan fingerprint density at radius 1 is 1.59 bits per heavy atom. The third-order valence-corrected chi connectivity index (χ3v) is 3.36. The first-order chi connectivity index (χ1) is 8.13. The number of carboxylic acids is 1. The highest BCUT2D eigenvalue weighted by Gasteiger charge is 2.13. The van der Waals surface area contributed by atoms with Gasteiger partial charge in [0, 0.05) is 5.75 Å². The van der Waals surface area contributed by atoms with E-state index in [0.717, 1.165) is 16.8 Å². The van der Waals surface area contributed by atoms with Crippen LogP contribution in [0.1, 0.15) is 23.3 Å². The topological polar surface area (TPSA) is 68.0 Å². The number of carboxylic acid groups (broad SMARTS) is 1. The summed E-state index contributed by atoms with van der Waals surface area (Å²) in [6.07, 6.45) is 2.03. The van der Waals surface area contributed by atoms with Crippen LogP contribution in [-0.2, 0) is 0 Å². The Hall–Kier alpha value is -1.56. The Kier molecular flexibility index (Phi) is 3.33. The van der Waals surface area contributed by atoms with Crippen molar-refractivity contribution in [1.29, 1.82) is 0 Å². The van der Waals surface area contributed by atoms with E-state index in [9.17, 15) is 4.79 Å². The molecule has 0 radical (unpaired) electrons. The van der Waals surface area contributed by atoms with E-state index in [1.165, 1.54) is 0 Å². The Labute approximate surface area is 103 Å². The van der Waals surface area contributed by atoms with Crippen molar-refractivity contribution in [2.75, 3.05) is 12.0 Å². The number of nitrogens with zero attached hydrogens (tertiary/aromatic N) is 3. The van der Waals surface area contributed by atoms with E-state index in [0.29, 0.717) is 0 Å². The highest BCUT2D eigenvalue weighted by molar-refractivity contribution is 7.98. The quantitative estimate of drug-likeness (QED) is 0.900. The lowest BCUT2D eigenvalue weighted by Crippen LogP contribution is -2.09. The zero-order valence-electron chi connectivity index (χ0n) is 9.62. The van der Waals surface area contributed by atoms with Gasteiger partial charge in [0.15, 0.2) is 0 Å². The molecule has 1 aromatic carbocycles. The fourth-order valence-corrected chi connectivity index (χ4v) is 2.33. The summed E-state index contributed by atoms with van der Waals surface area (Å²) in [6, 6.07) is 5.05. The summed E-state index contributed by atoms with van der Waals surface area (Å²) in [5.74, 6) is -0.0207. The minimum absolute atomic E-state index is 0.194. The lowest BCUT2D eigenvalue weighted by atomic mass is 10.2. The molecule has 0 aliphatic rings. The van der Waals surface area contributed by atoms with Gasteiger partial charge in [-0.15, -0.1) is 5.10 Å². The van der Waals surface area contributed by atoms with Gasteiger partial charge in [0.1, 0.15) is 5.52 Å². The van der Waals surface area contributed by atoms with Gasteiger partial charge >= 0.3 is 5.97 Å². The van der Waals surface area contributed by atoms with Gasteiger partial charge in [-0.1, -0.05) is 5.21 Å². The molecule has 1 heterocycles. The summed E-state index contributed by atoms with van der Waals surface area (Å²) in [5, 5.41) is 17.1. The predicted octanol–water partition coefficient (Wildman–Crippen LogP) is 2.05. The van der Waals surface area contributed by atoms with Crippen LogP contribution in [0.25, 0.3) is 11.0 Å². The van der Waals surface area contributed by atoms with Gasteiger partial charge in [-0.25, -0.2) is 9.48 Å². The molecule has 0 aliphatic carbocycles. The third-order valence-electron chi connectivity index (χ3n) is 2.54. The van der Waals surface area contributed by atoms with Crippen LogP contribution in [0.4, 0.5) is 0 Å². The number of thioether (sulfide) groups is 1. The molecule has 0 spiro atoms. The minimum atomic E-state index is -0.933. The monoisotopic (exact) mass is 251 g/mol. The summed E-state index contributed by atoms with van der Waals surface area (Å²) in [5.41, 5.74) is 1.76. The van der Waals surface area contributed by atoms with Gasteiger partial charge in [0.2, 0.25) is 0 Å². The zero-order valence-corrected chi connectivity index (χ0v) is 10.4. The molecule has 1 N–H and O–H groups in total. The van der Waals surface area contributed by atoms with E-state index < -0.39 is 5.97 Å². The SMILES string of the molecule is CSCC(C)n1nnc2ccc(C(=O)O)cc21. The van der Waals surface area contributed by atoms with Crippen LogP contribution in [0.2, 0.25) is 0 Å². The summed E-state index contributed by atoms with van der Waals surface area (Å²) < 4.78 is 1.78. The van der Waals surface area contributed by atoms with Crippen LogP contribution in [0.15, 0.2) is 18.2 Å². The molecule has 0 fully saturated rings. The molecule has 17 heavy (non-hydrogen) atoms. The summed E-state index contributed by atoms with van der Waals surface area (Å²) in [7, 11) is 0. The molecule has 1 atom stereocenters. The summed E-state index contributed by atoms with van der Waals surface area (Å²) in [6.45, 7) is 2.04. The zero-order chi connectivity index (χ0) is 12.4. The van der Waals surface area contributed by atoms with Crippen molar-refractivity contribution < 1.29 is 9.90 Å². The molecule has 90 valence electrons. The second-order valence-corrected chi connectivity index (χ2v) is 4.76. The van der Waals surface area contributed by atoms with Crippen LogP contribution in [0, 0.1) is 0 Å². The highest BCUT2D eigenvalue weighted by Crippen LogP contribution is 2.19. The first-order valence-corrected chi connectivity index (χ1v) is 6.60. The van der Waals surface area contributed by atoms with E-state index in [1.807, 2.05) is 13.2 Å². The maximum atomic E-state index is 10.9. The van der Waals surface area contributed by atoms with E-state index in [4.69, 9.17) is 5.11 Å². The van der Waals surface area contributed by atoms with Gasteiger partial charge < -0.3 is 5.11 Å². The van der Waals surface area contributed by atoms with E-state index in [2.05, 4.69) is 10.3 Å². The molecule has 1 unspecified atom stereocenters. The van der Waals surface area contributed by atoms with Crippen molar-refractivity contribution >= 4 is 28.8 Å². The number of aromatic carboxylic acids is 1. The van der Waals surface area contributed by atoms with Crippen molar-refractivity contribution in [3.05, 3.63) is 23.8 Å². The fourth-order valence-electron chi connectivity index (χ4n) is 1.71. The van der Waals surface area contributed by atoms with Crippen LogP contribution in [-0.4, -0.2) is 38.1 Å². The molecular formula is C11H13N3O2S.